The Morgan fingerprint density at radius 3 is 2.46 bits per heavy atom. The molecular weight excluding hydrogens is 340 g/mol. The fourth-order valence-corrected chi connectivity index (χ4v) is 2.63. The third-order valence-corrected chi connectivity index (χ3v) is 4.05. The largest absolute Gasteiger partial charge is 0.466 e. The Bertz CT molecular complexity index is 974. The number of esters is 1. The average molecular weight is 362 g/mol. The highest BCUT2D eigenvalue weighted by Crippen LogP contribution is 2.23. The smallest absolute Gasteiger partial charge is 0.332 e. The molecule has 0 unspecified atom stereocenters. The lowest BCUT2D eigenvalue weighted by molar-refractivity contribution is -0.144. The quantitative estimate of drug-likeness (QED) is 0.748. The highest BCUT2D eigenvalue weighted by molar-refractivity contribution is 6.01. The van der Waals surface area contributed by atoms with E-state index >= 15 is 0 Å². The van der Waals surface area contributed by atoms with Crippen molar-refractivity contribution in [3.63, 3.8) is 0 Å². The van der Waals surface area contributed by atoms with Crippen LogP contribution >= 0.6 is 0 Å². The highest BCUT2D eigenvalue weighted by Gasteiger charge is 2.18. The number of pyridine rings is 1. The molecule has 1 amide bonds. The van der Waals surface area contributed by atoms with Crippen LogP contribution in [0.25, 0.3) is 11.0 Å². The minimum absolute atomic E-state index is 0.0549. The standard InChI is InChI=1S/C17H22N4O5/c1-5-10-9-18-15-13(16(24)21(4)17(25)20(15)3)14(10)19-11(22)7-8-12(23)26-6-2/h9H,5-8H2,1-4H3,(H,18,19,22). The van der Waals surface area contributed by atoms with Crippen molar-refractivity contribution in [3.05, 3.63) is 32.6 Å². The van der Waals surface area contributed by atoms with Gasteiger partial charge in [-0.1, -0.05) is 6.92 Å². The number of anilines is 1. The first kappa shape index (κ1) is 19.4. The molecule has 2 aromatic rings. The van der Waals surface area contributed by atoms with Gasteiger partial charge in [-0.15, -0.1) is 0 Å². The summed E-state index contributed by atoms with van der Waals surface area (Å²) in [5.74, 6) is -0.882. The highest BCUT2D eigenvalue weighted by atomic mass is 16.5. The van der Waals surface area contributed by atoms with Gasteiger partial charge in [0.15, 0.2) is 5.65 Å². The van der Waals surface area contributed by atoms with E-state index in [2.05, 4.69) is 10.3 Å². The first-order valence-corrected chi connectivity index (χ1v) is 8.34. The van der Waals surface area contributed by atoms with Crippen LogP contribution in [0.4, 0.5) is 5.69 Å². The van der Waals surface area contributed by atoms with Gasteiger partial charge >= 0.3 is 11.7 Å². The van der Waals surface area contributed by atoms with E-state index in [-0.39, 0.29) is 30.5 Å². The van der Waals surface area contributed by atoms with Crippen molar-refractivity contribution < 1.29 is 14.3 Å². The van der Waals surface area contributed by atoms with Crippen LogP contribution in [-0.2, 0) is 34.8 Å². The molecule has 9 heteroatoms. The summed E-state index contributed by atoms with van der Waals surface area (Å²) in [6, 6.07) is 0. The predicted octanol–water partition coefficient (Wildman–Crippen LogP) is 0.476. The Morgan fingerprint density at radius 2 is 1.85 bits per heavy atom. The number of amides is 1. The monoisotopic (exact) mass is 362 g/mol. The number of hydrogen-bond acceptors (Lipinski definition) is 6. The van der Waals surface area contributed by atoms with E-state index in [1.54, 1.807) is 6.92 Å². The van der Waals surface area contributed by atoms with Crippen molar-refractivity contribution in [2.45, 2.75) is 33.1 Å². The van der Waals surface area contributed by atoms with Crippen LogP contribution in [0.3, 0.4) is 0 Å². The van der Waals surface area contributed by atoms with Gasteiger partial charge in [0, 0.05) is 26.7 Å². The Labute approximate surface area is 149 Å². The summed E-state index contributed by atoms with van der Waals surface area (Å²) < 4.78 is 7.03. The summed E-state index contributed by atoms with van der Waals surface area (Å²) in [6.45, 7) is 3.80. The molecule has 0 atom stereocenters. The van der Waals surface area contributed by atoms with Crippen molar-refractivity contribution in [3.8, 4) is 0 Å². The zero-order valence-electron chi connectivity index (χ0n) is 15.3. The van der Waals surface area contributed by atoms with Gasteiger partial charge in [0.25, 0.3) is 5.56 Å². The number of ether oxygens (including phenoxy) is 1. The summed E-state index contributed by atoms with van der Waals surface area (Å²) in [7, 11) is 2.88. The Morgan fingerprint density at radius 1 is 1.15 bits per heavy atom. The molecule has 0 aliphatic carbocycles. The molecule has 0 bridgehead atoms. The van der Waals surface area contributed by atoms with E-state index in [4.69, 9.17) is 4.74 Å². The SMILES string of the molecule is CCOC(=O)CCC(=O)Nc1c(CC)cnc2c1c(=O)n(C)c(=O)n2C. The third-order valence-electron chi connectivity index (χ3n) is 4.05. The van der Waals surface area contributed by atoms with Gasteiger partial charge in [0.1, 0.15) is 5.39 Å². The van der Waals surface area contributed by atoms with Crippen LogP contribution in [0.1, 0.15) is 32.3 Å². The second-order valence-electron chi connectivity index (χ2n) is 5.77. The van der Waals surface area contributed by atoms with Gasteiger partial charge < -0.3 is 10.1 Å². The summed E-state index contributed by atoms with van der Waals surface area (Å²) in [5.41, 5.74) is 0.140. The molecule has 9 nitrogen and oxygen atoms in total. The molecule has 1 N–H and O–H groups in total. The Hall–Kier alpha value is -2.97. The molecule has 0 saturated carbocycles. The van der Waals surface area contributed by atoms with Crippen molar-refractivity contribution in [1.29, 1.82) is 0 Å². The van der Waals surface area contributed by atoms with Crippen molar-refractivity contribution in [2.75, 3.05) is 11.9 Å². The van der Waals surface area contributed by atoms with Gasteiger partial charge in [-0.25, -0.2) is 9.78 Å². The Kier molecular flexibility index (Phi) is 5.91. The molecule has 26 heavy (non-hydrogen) atoms. The van der Waals surface area contributed by atoms with E-state index in [1.807, 2.05) is 6.92 Å². The summed E-state index contributed by atoms with van der Waals surface area (Å²) >= 11 is 0. The Balaban J connectivity index is 2.48. The molecule has 0 spiro atoms. The molecule has 0 saturated heterocycles. The molecule has 2 aromatic heterocycles. The third kappa shape index (κ3) is 3.66. The van der Waals surface area contributed by atoms with E-state index in [0.29, 0.717) is 17.7 Å². The zero-order valence-corrected chi connectivity index (χ0v) is 15.3. The minimum Gasteiger partial charge on any atom is -0.466 e. The van der Waals surface area contributed by atoms with E-state index in [1.165, 1.54) is 24.9 Å². The molecule has 0 aliphatic rings. The lowest BCUT2D eigenvalue weighted by atomic mass is 10.1. The number of aryl methyl sites for hydroxylation is 2. The number of aromatic nitrogens is 3. The predicted molar refractivity (Wildman–Crippen MR) is 96.1 cm³/mol. The maximum Gasteiger partial charge on any atom is 0.332 e. The molecule has 2 heterocycles. The number of carbonyl (C=O) groups is 2. The minimum atomic E-state index is -0.536. The van der Waals surface area contributed by atoms with Crippen LogP contribution < -0.4 is 16.6 Å². The summed E-state index contributed by atoms with van der Waals surface area (Å²) in [5, 5.41) is 2.87. The van der Waals surface area contributed by atoms with Gasteiger partial charge in [-0.3, -0.25) is 23.5 Å². The number of rotatable bonds is 6. The normalized spacial score (nSPS) is 10.8. The van der Waals surface area contributed by atoms with Gasteiger partial charge in [-0.2, -0.15) is 0 Å². The molecule has 0 aromatic carbocycles. The van der Waals surface area contributed by atoms with Crippen LogP contribution in [0.2, 0.25) is 0 Å². The number of hydrogen-bond donors (Lipinski definition) is 1. The topological polar surface area (TPSA) is 112 Å². The zero-order chi connectivity index (χ0) is 19.4. The first-order valence-electron chi connectivity index (χ1n) is 8.34. The molecular formula is C17H22N4O5. The average Bonchev–Trinajstić information content (AvgIpc) is 2.62. The van der Waals surface area contributed by atoms with E-state index < -0.39 is 23.1 Å². The maximum atomic E-state index is 12.6. The molecule has 0 fully saturated rings. The number of nitrogens with zero attached hydrogens (tertiary/aromatic N) is 3. The second-order valence-corrected chi connectivity index (χ2v) is 5.77. The van der Waals surface area contributed by atoms with E-state index in [0.717, 1.165) is 4.57 Å². The van der Waals surface area contributed by atoms with Gasteiger partial charge in [-0.05, 0) is 18.9 Å². The first-order chi connectivity index (χ1) is 12.3. The molecule has 140 valence electrons. The fourth-order valence-electron chi connectivity index (χ4n) is 2.63. The van der Waals surface area contributed by atoms with E-state index in [9.17, 15) is 19.2 Å². The lowest BCUT2D eigenvalue weighted by Gasteiger charge is -2.14. The molecule has 0 aliphatic heterocycles. The number of fused-ring (bicyclic) bond motifs is 1. The van der Waals surface area contributed by atoms with Gasteiger partial charge in [0.05, 0.1) is 18.7 Å². The molecule has 2 rings (SSSR count). The maximum absolute atomic E-state index is 12.6. The van der Waals surface area contributed by atoms with Crippen molar-refractivity contribution >= 4 is 28.6 Å². The summed E-state index contributed by atoms with van der Waals surface area (Å²) in [4.78, 5) is 52.6. The molecule has 0 radical (unpaired) electrons. The van der Waals surface area contributed by atoms with Crippen LogP contribution in [-0.4, -0.2) is 32.6 Å². The lowest BCUT2D eigenvalue weighted by Crippen LogP contribution is -2.38. The van der Waals surface area contributed by atoms with Crippen molar-refractivity contribution in [2.24, 2.45) is 14.1 Å². The number of carbonyl (C=O) groups excluding carboxylic acids is 2. The fraction of sp³-hybridized carbons (Fsp3) is 0.471. The van der Waals surface area contributed by atoms with Crippen LogP contribution in [0, 0.1) is 0 Å². The second kappa shape index (κ2) is 7.94. The van der Waals surface area contributed by atoms with Crippen molar-refractivity contribution in [1.82, 2.24) is 14.1 Å². The summed E-state index contributed by atoms with van der Waals surface area (Å²) in [6.07, 6.45) is 1.93. The van der Waals surface area contributed by atoms with Crippen LogP contribution in [0.15, 0.2) is 15.8 Å². The van der Waals surface area contributed by atoms with Crippen LogP contribution in [0.5, 0.6) is 0 Å². The number of nitrogens with one attached hydrogen (secondary N) is 1. The van der Waals surface area contributed by atoms with Gasteiger partial charge in [0.2, 0.25) is 5.91 Å².